The quantitative estimate of drug-likeness (QED) is 0.556. The van der Waals surface area contributed by atoms with Gasteiger partial charge < -0.3 is 4.74 Å². The molecule has 4 heteroatoms. The third-order valence-electron chi connectivity index (χ3n) is 1.71. The summed E-state index contributed by atoms with van der Waals surface area (Å²) in [6, 6.07) is 0.561. The highest BCUT2D eigenvalue weighted by atomic mass is 16.5. The molecule has 0 aromatic heterocycles. The van der Waals surface area contributed by atoms with Crippen LogP contribution in [0.25, 0.3) is 0 Å². The fourth-order valence-electron chi connectivity index (χ4n) is 1.06. The van der Waals surface area contributed by atoms with Crippen LogP contribution in [0.2, 0.25) is 0 Å². The zero-order valence-electron chi connectivity index (χ0n) is 7.26. The molecule has 1 rings (SSSR count). The lowest BCUT2D eigenvalue weighted by atomic mass is 10.1. The van der Waals surface area contributed by atoms with Crippen LogP contribution in [0.5, 0.6) is 0 Å². The first-order valence-electron chi connectivity index (χ1n) is 4.05. The second kappa shape index (κ2) is 4.66. The maximum atomic E-state index is 5.23. The predicted octanol–water partition coefficient (Wildman–Crippen LogP) is -0.264. The van der Waals surface area contributed by atoms with E-state index in [0.717, 1.165) is 26.1 Å². The van der Waals surface area contributed by atoms with E-state index in [1.165, 1.54) is 0 Å². The molecule has 0 aromatic carbocycles. The molecule has 4 nitrogen and oxygen atoms in total. The Hall–Kier alpha value is -0.160. The summed E-state index contributed by atoms with van der Waals surface area (Å²) in [6.45, 7) is 1.76. The van der Waals surface area contributed by atoms with Crippen LogP contribution in [0.1, 0.15) is 12.8 Å². The van der Waals surface area contributed by atoms with Crippen molar-refractivity contribution in [3.05, 3.63) is 0 Å². The molecule has 0 aromatic rings. The van der Waals surface area contributed by atoms with E-state index in [-0.39, 0.29) is 0 Å². The summed E-state index contributed by atoms with van der Waals surface area (Å²) in [5.41, 5.74) is 6.26. The maximum absolute atomic E-state index is 5.23. The van der Waals surface area contributed by atoms with E-state index in [9.17, 15) is 0 Å². The first-order chi connectivity index (χ1) is 5.29. The Morgan fingerprint density at radius 2 is 1.91 bits per heavy atom. The largest absolute Gasteiger partial charge is 0.381 e. The molecular weight excluding hydrogens is 142 g/mol. The highest BCUT2D eigenvalue weighted by molar-refractivity contribution is 4.66. The number of hydrogen-bond donors (Lipinski definition) is 2. The molecule has 1 heterocycles. The molecule has 0 atom stereocenters. The van der Waals surface area contributed by atoms with Crippen molar-refractivity contribution in [3.63, 3.8) is 0 Å². The number of hydrogen-bond acceptors (Lipinski definition) is 4. The van der Waals surface area contributed by atoms with Gasteiger partial charge in [0, 0.05) is 33.4 Å². The normalized spacial score (nSPS) is 21.0. The number of nitrogens with one attached hydrogen (secondary N) is 2. The second-order valence-electron chi connectivity index (χ2n) is 3.04. The van der Waals surface area contributed by atoms with Gasteiger partial charge in [-0.1, -0.05) is 0 Å². The first-order valence-corrected chi connectivity index (χ1v) is 4.05. The molecule has 0 amide bonds. The molecule has 66 valence electrons. The standard InChI is InChI=1S/C7H17N3O/c1-10(2)9-8-7-3-5-11-6-4-7/h7-9H,3-6H2,1-2H3. The van der Waals surface area contributed by atoms with Gasteiger partial charge in [-0.05, 0) is 12.8 Å². The first kappa shape index (κ1) is 8.93. The summed E-state index contributed by atoms with van der Waals surface area (Å²) in [4.78, 5) is 0. The highest BCUT2D eigenvalue weighted by Gasteiger charge is 2.12. The van der Waals surface area contributed by atoms with Crippen molar-refractivity contribution in [2.75, 3.05) is 27.3 Å². The Balaban J connectivity index is 2.05. The van der Waals surface area contributed by atoms with Crippen molar-refractivity contribution in [2.45, 2.75) is 18.9 Å². The van der Waals surface area contributed by atoms with E-state index in [1.54, 1.807) is 0 Å². The molecule has 0 aliphatic carbocycles. The van der Waals surface area contributed by atoms with Gasteiger partial charge in [-0.15, -0.1) is 0 Å². The fourth-order valence-corrected chi connectivity index (χ4v) is 1.06. The minimum atomic E-state index is 0.561. The third-order valence-corrected chi connectivity index (χ3v) is 1.71. The van der Waals surface area contributed by atoms with Crippen molar-refractivity contribution in [1.82, 2.24) is 16.0 Å². The molecule has 0 saturated carbocycles. The Labute approximate surface area is 67.8 Å². The van der Waals surface area contributed by atoms with Crippen LogP contribution in [-0.2, 0) is 4.74 Å². The summed E-state index contributed by atoms with van der Waals surface area (Å²) in [6.07, 6.45) is 2.20. The lowest BCUT2D eigenvalue weighted by Gasteiger charge is -2.25. The van der Waals surface area contributed by atoms with Crippen molar-refractivity contribution in [3.8, 4) is 0 Å². The van der Waals surface area contributed by atoms with Crippen LogP contribution in [0.15, 0.2) is 0 Å². The van der Waals surface area contributed by atoms with Gasteiger partial charge in [0.2, 0.25) is 0 Å². The number of rotatable bonds is 3. The van der Waals surface area contributed by atoms with Crippen molar-refractivity contribution in [2.24, 2.45) is 0 Å². The average molecular weight is 159 g/mol. The van der Waals surface area contributed by atoms with E-state index in [2.05, 4.69) is 11.0 Å². The van der Waals surface area contributed by atoms with Gasteiger partial charge in [0.15, 0.2) is 0 Å². The van der Waals surface area contributed by atoms with Gasteiger partial charge in [0.25, 0.3) is 0 Å². The average Bonchev–Trinajstić information content (AvgIpc) is 2.03. The van der Waals surface area contributed by atoms with Crippen LogP contribution in [-0.4, -0.2) is 38.4 Å². The smallest absolute Gasteiger partial charge is 0.0481 e. The van der Waals surface area contributed by atoms with Gasteiger partial charge in [-0.2, -0.15) is 5.53 Å². The van der Waals surface area contributed by atoms with E-state index in [1.807, 2.05) is 19.1 Å². The van der Waals surface area contributed by atoms with E-state index in [4.69, 9.17) is 4.74 Å². The zero-order chi connectivity index (χ0) is 8.10. The molecular formula is C7H17N3O. The summed E-state index contributed by atoms with van der Waals surface area (Å²) in [5, 5.41) is 1.90. The second-order valence-corrected chi connectivity index (χ2v) is 3.04. The molecule has 1 fully saturated rings. The predicted molar refractivity (Wildman–Crippen MR) is 43.8 cm³/mol. The SMILES string of the molecule is CN(C)NNC1CCOCC1. The lowest BCUT2D eigenvalue weighted by Crippen LogP contribution is -2.49. The number of ether oxygens (including phenoxy) is 1. The van der Waals surface area contributed by atoms with Crippen molar-refractivity contribution >= 4 is 0 Å². The highest BCUT2D eigenvalue weighted by Crippen LogP contribution is 2.04. The molecule has 1 saturated heterocycles. The minimum absolute atomic E-state index is 0.561. The summed E-state index contributed by atoms with van der Waals surface area (Å²) in [5.74, 6) is 0. The number of hydrazine groups is 2. The van der Waals surface area contributed by atoms with E-state index < -0.39 is 0 Å². The van der Waals surface area contributed by atoms with Crippen LogP contribution < -0.4 is 11.0 Å². The monoisotopic (exact) mass is 159 g/mol. The molecule has 0 radical (unpaired) electrons. The van der Waals surface area contributed by atoms with E-state index in [0.29, 0.717) is 6.04 Å². The molecule has 1 aliphatic rings. The van der Waals surface area contributed by atoms with Crippen molar-refractivity contribution < 1.29 is 4.74 Å². The molecule has 0 bridgehead atoms. The van der Waals surface area contributed by atoms with Crippen LogP contribution >= 0.6 is 0 Å². The number of nitrogens with zero attached hydrogens (tertiary/aromatic N) is 1. The zero-order valence-corrected chi connectivity index (χ0v) is 7.26. The Morgan fingerprint density at radius 1 is 1.27 bits per heavy atom. The van der Waals surface area contributed by atoms with Gasteiger partial charge in [-0.25, -0.2) is 10.4 Å². The van der Waals surface area contributed by atoms with Crippen LogP contribution in [0.3, 0.4) is 0 Å². The Morgan fingerprint density at radius 3 is 2.45 bits per heavy atom. The molecule has 1 aliphatic heterocycles. The Kier molecular flexibility index (Phi) is 3.79. The molecule has 0 spiro atoms. The van der Waals surface area contributed by atoms with Crippen molar-refractivity contribution in [1.29, 1.82) is 0 Å². The van der Waals surface area contributed by atoms with Gasteiger partial charge in [-0.3, -0.25) is 0 Å². The summed E-state index contributed by atoms with van der Waals surface area (Å²) >= 11 is 0. The molecule has 2 N–H and O–H groups in total. The van der Waals surface area contributed by atoms with Gasteiger partial charge in [0.05, 0.1) is 0 Å². The topological polar surface area (TPSA) is 36.5 Å². The van der Waals surface area contributed by atoms with Crippen LogP contribution in [0, 0.1) is 0 Å². The van der Waals surface area contributed by atoms with E-state index >= 15 is 0 Å². The van der Waals surface area contributed by atoms with Gasteiger partial charge >= 0.3 is 0 Å². The molecule has 11 heavy (non-hydrogen) atoms. The third kappa shape index (κ3) is 3.67. The maximum Gasteiger partial charge on any atom is 0.0481 e. The fraction of sp³-hybridized carbons (Fsp3) is 1.00. The molecule has 0 unspecified atom stereocenters. The minimum Gasteiger partial charge on any atom is -0.381 e. The lowest BCUT2D eigenvalue weighted by molar-refractivity contribution is 0.0638. The summed E-state index contributed by atoms with van der Waals surface area (Å²) < 4.78 is 5.23. The Bertz CT molecular complexity index is 102. The van der Waals surface area contributed by atoms with Crippen LogP contribution in [0.4, 0.5) is 0 Å². The summed E-state index contributed by atoms with van der Waals surface area (Å²) in [7, 11) is 3.93. The van der Waals surface area contributed by atoms with Gasteiger partial charge in [0.1, 0.15) is 0 Å².